The predicted octanol–water partition coefficient (Wildman–Crippen LogP) is 6.35. The first-order valence-electron chi connectivity index (χ1n) is 10.2. The fourth-order valence-corrected chi connectivity index (χ4v) is 4.77. The molecule has 0 spiro atoms. The number of nitrogens with zero attached hydrogens (tertiary/aromatic N) is 2. The van der Waals surface area contributed by atoms with Gasteiger partial charge in [0.15, 0.2) is 5.78 Å². The van der Waals surface area contributed by atoms with E-state index in [1.54, 1.807) is 17.6 Å². The number of aromatic nitrogens is 1. The van der Waals surface area contributed by atoms with E-state index in [-0.39, 0.29) is 5.78 Å². The summed E-state index contributed by atoms with van der Waals surface area (Å²) < 4.78 is 7.69. The smallest absolute Gasteiger partial charge is 0.178 e. The monoisotopic (exact) mass is 452 g/mol. The number of thiophene rings is 1. The van der Waals surface area contributed by atoms with Crippen LogP contribution in [0.5, 0.6) is 0 Å². The summed E-state index contributed by atoms with van der Waals surface area (Å²) in [6.45, 7) is 6.32. The summed E-state index contributed by atoms with van der Waals surface area (Å²) in [5, 5.41) is 2.80. The number of benzene rings is 1. The van der Waals surface area contributed by atoms with Gasteiger partial charge in [-0.3, -0.25) is 9.69 Å². The summed E-state index contributed by atoms with van der Waals surface area (Å²) in [4.78, 5) is 16.7. The van der Waals surface area contributed by atoms with Crippen molar-refractivity contribution in [3.8, 4) is 0 Å². The van der Waals surface area contributed by atoms with Crippen molar-refractivity contribution in [3.05, 3.63) is 104 Å². The zero-order chi connectivity index (χ0) is 21.8. The van der Waals surface area contributed by atoms with E-state index in [1.807, 2.05) is 62.4 Å². The van der Waals surface area contributed by atoms with Crippen LogP contribution in [0.15, 0.2) is 70.7 Å². The molecule has 4 aromatic rings. The standard InChI is InChI=1S/C25H25ClN2O2S/c1-18-13-23(19(2)28(18)14-20-7-3-4-10-24(20)26)25(29)17-27(15-21-8-5-11-30-21)16-22-9-6-12-31-22/h3-13H,14-17H2,1-2H3. The van der Waals surface area contributed by atoms with E-state index in [2.05, 4.69) is 20.9 Å². The van der Waals surface area contributed by atoms with Crippen LogP contribution in [0.2, 0.25) is 5.02 Å². The molecule has 0 N–H and O–H groups in total. The van der Waals surface area contributed by atoms with Crippen LogP contribution in [0.25, 0.3) is 0 Å². The van der Waals surface area contributed by atoms with Gasteiger partial charge in [0.1, 0.15) is 5.76 Å². The first-order chi connectivity index (χ1) is 15.0. The van der Waals surface area contributed by atoms with Crippen molar-refractivity contribution in [1.29, 1.82) is 0 Å². The third kappa shape index (κ3) is 5.18. The van der Waals surface area contributed by atoms with E-state index in [0.29, 0.717) is 26.2 Å². The quantitative estimate of drug-likeness (QED) is 0.278. The maximum absolute atomic E-state index is 13.3. The Kier molecular flexibility index (Phi) is 6.76. The molecule has 0 radical (unpaired) electrons. The summed E-state index contributed by atoms with van der Waals surface area (Å²) in [5.41, 5.74) is 3.83. The Morgan fingerprint density at radius 2 is 1.94 bits per heavy atom. The van der Waals surface area contributed by atoms with Crippen LogP contribution in [0.1, 0.15) is 37.9 Å². The number of carbonyl (C=O) groups excluding carboxylic acids is 1. The molecule has 0 amide bonds. The molecule has 160 valence electrons. The lowest BCUT2D eigenvalue weighted by molar-refractivity contribution is 0.0914. The number of hydrogen-bond donors (Lipinski definition) is 0. The second kappa shape index (κ2) is 9.69. The van der Waals surface area contributed by atoms with E-state index >= 15 is 0 Å². The predicted molar refractivity (Wildman–Crippen MR) is 126 cm³/mol. The second-order valence-corrected chi connectivity index (χ2v) is 9.13. The molecule has 0 atom stereocenters. The Labute approximate surface area is 191 Å². The van der Waals surface area contributed by atoms with Crippen molar-refractivity contribution in [2.45, 2.75) is 33.5 Å². The van der Waals surface area contributed by atoms with Crippen LogP contribution in [0.4, 0.5) is 0 Å². The van der Waals surface area contributed by atoms with Gasteiger partial charge in [-0.05, 0) is 55.1 Å². The molecule has 0 aliphatic heterocycles. The molecule has 6 heteroatoms. The molecule has 0 saturated heterocycles. The largest absolute Gasteiger partial charge is 0.468 e. The van der Waals surface area contributed by atoms with Gasteiger partial charge in [-0.15, -0.1) is 11.3 Å². The highest BCUT2D eigenvalue weighted by atomic mass is 35.5. The number of hydrogen-bond acceptors (Lipinski definition) is 4. The summed E-state index contributed by atoms with van der Waals surface area (Å²) in [6.07, 6.45) is 1.67. The molecule has 31 heavy (non-hydrogen) atoms. The van der Waals surface area contributed by atoms with Crippen molar-refractivity contribution in [1.82, 2.24) is 9.47 Å². The summed E-state index contributed by atoms with van der Waals surface area (Å²) in [6, 6.07) is 17.8. The van der Waals surface area contributed by atoms with Crippen molar-refractivity contribution in [2.75, 3.05) is 6.54 Å². The van der Waals surface area contributed by atoms with Crippen LogP contribution in [0, 0.1) is 13.8 Å². The summed E-state index contributed by atoms with van der Waals surface area (Å²) >= 11 is 8.06. The van der Waals surface area contributed by atoms with Crippen molar-refractivity contribution in [3.63, 3.8) is 0 Å². The average Bonchev–Trinajstić information content (AvgIpc) is 3.49. The molecule has 1 aromatic carbocycles. The maximum Gasteiger partial charge on any atom is 0.178 e. The van der Waals surface area contributed by atoms with Gasteiger partial charge in [-0.25, -0.2) is 0 Å². The molecular weight excluding hydrogens is 428 g/mol. The van der Waals surface area contributed by atoms with E-state index in [4.69, 9.17) is 16.0 Å². The molecule has 3 aromatic heterocycles. The van der Waals surface area contributed by atoms with E-state index in [9.17, 15) is 4.79 Å². The van der Waals surface area contributed by atoms with Gasteiger partial charge in [-0.2, -0.15) is 0 Å². The molecule has 0 bridgehead atoms. The van der Waals surface area contributed by atoms with Crippen molar-refractivity contribution >= 4 is 28.7 Å². The molecule has 0 saturated carbocycles. The Morgan fingerprint density at radius 1 is 1.10 bits per heavy atom. The van der Waals surface area contributed by atoms with Gasteiger partial charge in [0.2, 0.25) is 0 Å². The Balaban J connectivity index is 1.54. The number of carbonyl (C=O) groups is 1. The van der Waals surface area contributed by atoms with E-state index < -0.39 is 0 Å². The van der Waals surface area contributed by atoms with Gasteiger partial charge < -0.3 is 8.98 Å². The summed E-state index contributed by atoms with van der Waals surface area (Å²) in [7, 11) is 0. The number of ketones is 1. The maximum atomic E-state index is 13.3. The average molecular weight is 453 g/mol. The van der Waals surface area contributed by atoms with Crippen LogP contribution in [0.3, 0.4) is 0 Å². The van der Waals surface area contributed by atoms with Gasteiger partial charge in [0.25, 0.3) is 0 Å². The first-order valence-corrected chi connectivity index (χ1v) is 11.5. The molecule has 0 unspecified atom stereocenters. The fraction of sp³-hybridized carbons (Fsp3) is 0.240. The van der Waals surface area contributed by atoms with Gasteiger partial charge >= 0.3 is 0 Å². The Hall–Kier alpha value is -2.60. The molecule has 0 aliphatic rings. The Bertz CT molecular complexity index is 1110. The van der Waals surface area contributed by atoms with E-state index in [0.717, 1.165) is 33.3 Å². The zero-order valence-electron chi connectivity index (χ0n) is 17.7. The highest BCUT2D eigenvalue weighted by Gasteiger charge is 2.20. The zero-order valence-corrected chi connectivity index (χ0v) is 19.2. The number of Topliss-reactive ketones (excluding diaryl/α,β-unsaturated/α-hetero) is 1. The topological polar surface area (TPSA) is 38.4 Å². The first kappa shape index (κ1) is 21.6. The third-order valence-electron chi connectivity index (χ3n) is 5.45. The molecule has 3 heterocycles. The number of halogens is 1. The minimum Gasteiger partial charge on any atom is -0.468 e. The lowest BCUT2D eigenvalue weighted by Gasteiger charge is -2.20. The van der Waals surface area contributed by atoms with Crippen LogP contribution >= 0.6 is 22.9 Å². The van der Waals surface area contributed by atoms with Gasteiger partial charge in [0.05, 0.1) is 19.4 Å². The van der Waals surface area contributed by atoms with Crippen molar-refractivity contribution in [2.24, 2.45) is 0 Å². The normalized spacial score (nSPS) is 11.4. The van der Waals surface area contributed by atoms with Crippen molar-refractivity contribution < 1.29 is 9.21 Å². The summed E-state index contributed by atoms with van der Waals surface area (Å²) in [5.74, 6) is 0.968. The molecule has 4 nitrogen and oxygen atoms in total. The molecule has 4 rings (SSSR count). The minimum atomic E-state index is 0.113. The Morgan fingerprint density at radius 3 is 2.65 bits per heavy atom. The van der Waals surface area contributed by atoms with E-state index in [1.165, 1.54) is 4.88 Å². The molecule has 0 aliphatic carbocycles. The minimum absolute atomic E-state index is 0.113. The van der Waals surface area contributed by atoms with Gasteiger partial charge in [-0.1, -0.05) is 35.9 Å². The van der Waals surface area contributed by atoms with Crippen LogP contribution in [-0.4, -0.2) is 21.8 Å². The highest BCUT2D eigenvalue weighted by Crippen LogP contribution is 2.23. The fourth-order valence-electron chi connectivity index (χ4n) is 3.83. The lowest BCUT2D eigenvalue weighted by atomic mass is 10.1. The van der Waals surface area contributed by atoms with Gasteiger partial charge in [0, 0.05) is 39.9 Å². The van der Waals surface area contributed by atoms with Crippen LogP contribution < -0.4 is 0 Å². The second-order valence-electron chi connectivity index (χ2n) is 7.69. The SMILES string of the molecule is Cc1cc(C(=O)CN(Cc2ccco2)Cc2cccs2)c(C)n1Cc1ccccc1Cl. The molecule has 0 fully saturated rings. The number of furan rings is 1. The highest BCUT2D eigenvalue weighted by molar-refractivity contribution is 7.09. The third-order valence-corrected chi connectivity index (χ3v) is 6.68. The number of aryl methyl sites for hydroxylation is 1. The number of rotatable bonds is 9. The molecular formula is C25H25ClN2O2S. The van der Waals surface area contributed by atoms with Crippen LogP contribution in [-0.2, 0) is 19.6 Å². The lowest BCUT2D eigenvalue weighted by Crippen LogP contribution is -2.29.